The van der Waals surface area contributed by atoms with Crippen LogP contribution in [0.5, 0.6) is 11.5 Å². The molecule has 1 amide bonds. The van der Waals surface area contributed by atoms with Crippen molar-refractivity contribution in [1.82, 2.24) is 5.32 Å². The molecule has 2 aromatic rings. The summed E-state index contributed by atoms with van der Waals surface area (Å²) in [6.07, 6.45) is 2.18. The molecule has 0 unspecified atom stereocenters. The summed E-state index contributed by atoms with van der Waals surface area (Å²) in [4.78, 5) is 12.2. The molecule has 2 rings (SSSR count). The lowest BCUT2D eigenvalue weighted by atomic mass is 10.1. The molecule has 31 heavy (non-hydrogen) atoms. The van der Waals surface area contributed by atoms with Gasteiger partial charge in [-0.2, -0.15) is 5.26 Å². The highest BCUT2D eigenvalue weighted by Crippen LogP contribution is 2.31. The number of hydrogen-bond donors (Lipinski definition) is 1. The van der Waals surface area contributed by atoms with Crippen LogP contribution in [0.1, 0.15) is 24.5 Å². The lowest BCUT2D eigenvalue weighted by molar-refractivity contribution is -0.117. The number of amides is 1. The van der Waals surface area contributed by atoms with Crippen LogP contribution in [0, 0.1) is 11.3 Å². The predicted octanol–water partition coefficient (Wildman–Crippen LogP) is 5.03. The normalized spacial score (nSPS) is 11.0. The second kappa shape index (κ2) is 12.9. The van der Waals surface area contributed by atoms with Gasteiger partial charge in [0.05, 0.1) is 7.11 Å². The molecule has 6 nitrogen and oxygen atoms in total. The Kier molecular flexibility index (Phi) is 10.2. The van der Waals surface area contributed by atoms with Crippen LogP contribution in [0.15, 0.2) is 42.0 Å². The number of rotatable bonds is 11. The fourth-order valence-corrected chi connectivity index (χ4v) is 3.08. The molecule has 0 heterocycles. The van der Waals surface area contributed by atoms with E-state index in [4.69, 9.17) is 37.4 Å². The van der Waals surface area contributed by atoms with Crippen molar-refractivity contribution in [3.05, 3.63) is 63.1 Å². The number of hydrogen-bond acceptors (Lipinski definition) is 5. The van der Waals surface area contributed by atoms with Gasteiger partial charge in [0, 0.05) is 35.4 Å². The molecule has 164 valence electrons. The van der Waals surface area contributed by atoms with Crippen LogP contribution >= 0.6 is 23.2 Å². The molecule has 2 aromatic carbocycles. The van der Waals surface area contributed by atoms with Crippen molar-refractivity contribution in [2.24, 2.45) is 0 Å². The zero-order valence-electron chi connectivity index (χ0n) is 17.4. The molecule has 0 atom stereocenters. The minimum Gasteiger partial charge on any atom is -0.493 e. The number of carbonyl (C=O) groups excluding carboxylic acids is 1. The predicted molar refractivity (Wildman–Crippen MR) is 121 cm³/mol. The van der Waals surface area contributed by atoms with E-state index >= 15 is 0 Å². The first-order valence-electron chi connectivity index (χ1n) is 9.71. The Bertz CT molecular complexity index is 971. The van der Waals surface area contributed by atoms with Crippen LogP contribution in [0.2, 0.25) is 10.0 Å². The van der Waals surface area contributed by atoms with E-state index in [1.807, 2.05) is 13.0 Å². The van der Waals surface area contributed by atoms with Gasteiger partial charge < -0.3 is 19.5 Å². The first kappa shape index (κ1) is 24.5. The smallest absolute Gasteiger partial charge is 0.261 e. The van der Waals surface area contributed by atoms with Crippen LogP contribution < -0.4 is 14.8 Å². The van der Waals surface area contributed by atoms with Crippen molar-refractivity contribution in [3.8, 4) is 17.6 Å². The monoisotopic (exact) mass is 462 g/mol. The van der Waals surface area contributed by atoms with Crippen molar-refractivity contribution < 1.29 is 19.0 Å². The Morgan fingerprint density at radius 2 is 2.00 bits per heavy atom. The van der Waals surface area contributed by atoms with E-state index in [-0.39, 0.29) is 12.2 Å². The summed E-state index contributed by atoms with van der Waals surface area (Å²) in [6.45, 7) is 3.76. The Balaban J connectivity index is 2.06. The first-order chi connectivity index (χ1) is 15.0. The van der Waals surface area contributed by atoms with Crippen LogP contribution in [0.25, 0.3) is 6.08 Å². The third-order valence-electron chi connectivity index (χ3n) is 4.22. The Hall–Kier alpha value is -2.72. The highest BCUT2D eigenvalue weighted by Gasteiger charge is 2.11. The fourth-order valence-electron chi connectivity index (χ4n) is 2.62. The van der Waals surface area contributed by atoms with Crippen molar-refractivity contribution in [2.45, 2.75) is 20.0 Å². The zero-order chi connectivity index (χ0) is 22.6. The SMILES string of the molecule is CCOCCCNC(=O)/C(C#N)=C\c1ccc(OCc2ccc(Cl)cc2Cl)c(OC)c1. The van der Waals surface area contributed by atoms with Crippen molar-refractivity contribution in [3.63, 3.8) is 0 Å². The Morgan fingerprint density at radius 3 is 2.68 bits per heavy atom. The van der Waals surface area contributed by atoms with Gasteiger partial charge in [-0.3, -0.25) is 4.79 Å². The standard InChI is InChI=1S/C23H24Cl2N2O4/c1-3-30-10-4-9-27-23(28)18(14-26)11-16-5-8-21(22(12-16)29-2)31-15-17-6-7-19(24)13-20(17)25/h5-8,11-13H,3-4,9-10,15H2,1-2H3,(H,27,28)/b18-11-. The molecule has 0 aliphatic heterocycles. The average molecular weight is 463 g/mol. The van der Waals surface area contributed by atoms with Crippen molar-refractivity contribution in [1.29, 1.82) is 5.26 Å². The third-order valence-corrected chi connectivity index (χ3v) is 4.80. The molecule has 1 N–H and O–H groups in total. The summed E-state index contributed by atoms with van der Waals surface area (Å²) < 4.78 is 16.4. The largest absolute Gasteiger partial charge is 0.493 e. The first-order valence-corrected chi connectivity index (χ1v) is 10.5. The number of benzene rings is 2. The summed E-state index contributed by atoms with van der Waals surface area (Å²) in [7, 11) is 1.52. The molecule has 0 spiro atoms. The van der Waals surface area contributed by atoms with E-state index in [9.17, 15) is 10.1 Å². The lowest BCUT2D eigenvalue weighted by Crippen LogP contribution is -2.26. The van der Waals surface area contributed by atoms with E-state index < -0.39 is 5.91 Å². The quantitative estimate of drug-likeness (QED) is 0.287. The fraction of sp³-hybridized carbons (Fsp3) is 0.304. The van der Waals surface area contributed by atoms with Gasteiger partial charge in [-0.05, 0) is 49.2 Å². The van der Waals surface area contributed by atoms with Gasteiger partial charge in [0.15, 0.2) is 11.5 Å². The molecule has 0 bridgehead atoms. The van der Waals surface area contributed by atoms with E-state index in [1.165, 1.54) is 13.2 Å². The van der Waals surface area contributed by atoms with E-state index in [1.54, 1.807) is 36.4 Å². The Morgan fingerprint density at radius 1 is 1.19 bits per heavy atom. The second-order valence-electron chi connectivity index (χ2n) is 6.41. The zero-order valence-corrected chi connectivity index (χ0v) is 18.9. The minimum absolute atomic E-state index is 0.0000717. The van der Waals surface area contributed by atoms with E-state index in [2.05, 4.69) is 5.32 Å². The molecule has 0 fully saturated rings. The topological polar surface area (TPSA) is 80.6 Å². The number of nitriles is 1. The summed E-state index contributed by atoms with van der Waals surface area (Å²) in [6, 6.07) is 12.3. The van der Waals surface area contributed by atoms with Gasteiger partial charge in [0.1, 0.15) is 18.2 Å². The third kappa shape index (κ3) is 7.80. The molecule has 0 radical (unpaired) electrons. The van der Waals surface area contributed by atoms with Crippen LogP contribution in [-0.4, -0.2) is 32.8 Å². The highest BCUT2D eigenvalue weighted by molar-refractivity contribution is 6.35. The van der Waals surface area contributed by atoms with E-state index in [0.29, 0.717) is 53.3 Å². The number of halogens is 2. The maximum Gasteiger partial charge on any atom is 0.261 e. The van der Waals surface area contributed by atoms with Gasteiger partial charge in [-0.25, -0.2) is 0 Å². The average Bonchev–Trinajstić information content (AvgIpc) is 2.77. The number of nitrogens with one attached hydrogen (secondary N) is 1. The summed E-state index contributed by atoms with van der Waals surface area (Å²) in [5.74, 6) is 0.536. The number of carbonyl (C=O) groups is 1. The minimum atomic E-state index is -0.435. The molecular formula is C23H24Cl2N2O4. The molecule has 0 aromatic heterocycles. The van der Waals surface area contributed by atoms with Gasteiger partial charge in [-0.15, -0.1) is 0 Å². The van der Waals surface area contributed by atoms with Gasteiger partial charge in [-0.1, -0.05) is 35.3 Å². The lowest BCUT2D eigenvalue weighted by Gasteiger charge is -2.12. The number of nitrogens with zero attached hydrogens (tertiary/aromatic N) is 1. The van der Waals surface area contributed by atoms with Crippen molar-refractivity contribution >= 4 is 35.2 Å². The summed E-state index contributed by atoms with van der Waals surface area (Å²) in [5.41, 5.74) is 1.42. The molecule has 0 saturated heterocycles. The van der Waals surface area contributed by atoms with Gasteiger partial charge in [0.2, 0.25) is 0 Å². The summed E-state index contributed by atoms with van der Waals surface area (Å²) in [5, 5.41) is 13.1. The Labute approximate surface area is 192 Å². The molecule has 0 aliphatic carbocycles. The molecule has 0 aliphatic rings. The second-order valence-corrected chi connectivity index (χ2v) is 7.25. The van der Waals surface area contributed by atoms with Crippen LogP contribution in [-0.2, 0) is 16.1 Å². The maximum absolute atomic E-state index is 12.2. The van der Waals surface area contributed by atoms with Crippen LogP contribution in [0.3, 0.4) is 0 Å². The maximum atomic E-state index is 12.2. The summed E-state index contributed by atoms with van der Waals surface area (Å²) >= 11 is 12.1. The molecule has 8 heteroatoms. The molecular weight excluding hydrogens is 439 g/mol. The van der Waals surface area contributed by atoms with Crippen LogP contribution in [0.4, 0.5) is 0 Å². The van der Waals surface area contributed by atoms with E-state index in [0.717, 1.165) is 5.56 Å². The number of ether oxygens (including phenoxy) is 3. The molecule has 0 saturated carbocycles. The van der Waals surface area contributed by atoms with Gasteiger partial charge >= 0.3 is 0 Å². The highest BCUT2D eigenvalue weighted by atomic mass is 35.5. The van der Waals surface area contributed by atoms with Crippen molar-refractivity contribution in [2.75, 3.05) is 26.9 Å². The van der Waals surface area contributed by atoms with Gasteiger partial charge in [0.25, 0.3) is 5.91 Å². The number of methoxy groups -OCH3 is 1.